The number of terminal acetylenes is 1. The van der Waals surface area contributed by atoms with Crippen molar-refractivity contribution in [1.29, 1.82) is 0 Å². The van der Waals surface area contributed by atoms with Gasteiger partial charge < -0.3 is 10.0 Å². The second-order valence-corrected chi connectivity index (χ2v) is 2.46. The first-order valence-electron chi connectivity index (χ1n) is 3.42. The molecule has 0 spiro atoms. The highest BCUT2D eigenvalue weighted by atomic mass is 16.4. The molecule has 0 aromatic rings. The van der Waals surface area contributed by atoms with Crippen molar-refractivity contribution >= 4 is 11.9 Å². The minimum absolute atomic E-state index is 0.135. The second-order valence-electron chi connectivity index (χ2n) is 2.46. The van der Waals surface area contributed by atoms with Gasteiger partial charge in [-0.1, -0.05) is 5.92 Å². The third kappa shape index (κ3) is 2.62. The van der Waals surface area contributed by atoms with Crippen molar-refractivity contribution < 1.29 is 14.7 Å². The fourth-order valence-corrected chi connectivity index (χ4v) is 0.651. The maximum absolute atomic E-state index is 11.1. The highest BCUT2D eigenvalue weighted by molar-refractivity contribution is 5.96. The number of rotatable bonds is 3. The summed E-state index contributed by atoms with van der Waals surface area (Å²) in [4.78, 5) is 22.7. The smallest absolute Gasteiger partial charge is 0.315 e. The monoisotopic (exact) mass is 169 g/mol. The summed E-state index contributed by atoms with van der Waals surface area (Å²) in [6, 6.07) is 0. The van der Waals surface area contributed by atoms with Gasteiger partial charge in [-0.05, 0) is 6.92 Å². The zero-order valence-electron chi connectivity index (χ0n) is 7.07. The molecule has 0 rings (SSSR count). The summed E-state index contributed by atoms with van der Waals surface area (Å²) in [7, 11) is 1.47. The molecule has 1 unspecified atom stereocenters. The SMILES string of the molecule is C#CCN(C)C(=O)C(C)C(=O)O. The van der Waals surface area contributed by atoms with Crippen molar-refractivity contribution in [2.45, 2.75) is 6.92 Å². The minimum Gasteiger partial charge on any atom is -0.481 e. The quantitative estimate of drug-likeness (QED) is 0.470. The van der Waals surface area contributed by atoms with Crippen LogP contribution in [-0.4, -0.2) is 35.5 Å². The Morgan fingerprint density at radius 3 is 2.50 bits per heavy atom. The number of carboxylic acid groups (broad SMARTS) is 1. The largest absolute Gasteiger partial charge is 0.481 e. The van der Waals surface area contributed by atoms with Gasteiger partial charge in [-0.2, -0.15) is 0 Å². The zero-order valence-corrected chi connectivity index (χ0v) is 7.07. The van der Waals surface area contributed by atoms with Gasteiger partial charge in [0.25, 0.3) is 0 Å². The summed E-state index contributed by atoms with van der Waals surface area (Å²) < 4.78 is 0. The molecule has 0 aliphatic carbocycles. The molecular weight excluding hydrogens is 158 g/mol. The Kier molecular flexibility index (Phi) is 3.84. The number of nitrogens with zero attached hydrogens (tertiary/aromatic N) is 1. The van der Waals surface area contributed by atoms with Crippen LogP contribution >= 0.6 is 0 Å². The van der Waals surface area contributed by atoms with E-state index in [0.717, 1.165) is 0 Å². The normalized spacial score (nSPS) is 11.4. The molecular formula is C8H11NO3. The van der Waals surface area contributed by atoms with Crippen LogP contribution in [0.1, 0.15) is 6.92 Å². The van der Waals surface area contributed by atoms with Crippen LogP contribution in [0.25, 0.3) is 0 Å². The molecule has 0 fully saturated rings. The average molecular weight is 169 g/mol. The number of carboxylic acids is 1. The molecule has 1 N–H and O–H groups in total. The van der Waals surface area contributed by atoms with Crippen LogP contribution in [0.2, 0.25) is 0 Å². The second kappa shape index (κ2) is 4.39. The van der Waals surface area contributed by atoms with E-state index in [1.807, 2.05) is 0 Å². The van der Waals surface area contributed by atoms with Crippen molar-refractivity contribution in [2.24, 2.45) is 5.92 Å². The van der Waals surface area contributed by atoms with Gasteiger partial charge in [-0.25, -0.2) is 0 Å². The lowest BCUT2D eigenvalue weighted by atomic mass is 10.1. The Hall–Kier alpha value is -1.50. The highest BCUT2D eigenvalue weighted by Gasteiger charge is 2.22. The molecule has 0 saturated carbocycles. The molecule has 1 atom stereocenters. The molecule has 66 valence electrons. The highest BCUT2D eigenvalue weighted by Crippen LogP contribution is 1.99. The van der Waals surface area contributed by atoms with Gasteiger partial charge >= 0.3 is 5.97 Å². The number of amides is 1. The summed E-state index contributed by atoms with van der Waals surface area (Å²) in [5.41, 5.74) is 0. The Balaban J connectivity index is 4.21. The number of aliphatic carboxylic acids is 1. The van der Waals surface area contributed by atoms with Gasteiger partial charge in [0.2, 0.25) is 5.91 Å². The van der Waals surface area contributed by atoms with Crippen molar-refractivity contribution in [1.82, 2.24) is 4.90 Å². The Bertz CT molecular complexity index is 229. The Morgan fingerprint density at radius 1 is 1.67 bits per heavy atom. The standard InChI is InChI=1S/C8H11NO3/c1-4-5-9(3)7(10)6(2)8(11)12/h1,6H,5H2,2-3H3,(H,11,12). The van der Waals surface area contributed by atoms with Crippen LogP contribution in [0.15, 0.2) is 0 Å². The number of hydrogen-bond donors (Lipinski definition) is 1. The lowest BCUT2D eigenvalue weighted by Gasteiger charge is -2.15. The van der Waals surface area contributed by atoms with E-state index < -0.39 is 17.8 Å². The van der Waals surface area contributed by atoms with Crippen LogP contribution < -0.4 is 0 Å². The summed E-state index contributed by atoms with van der Waals surface area (Å²) in [5, 5.41) is 8.47. The molecule has 12 heavy (non-hydrogen) atoms. The van der Waals surface area contributed by atoms with E-state index in [1.54, 1.807) is 0 Å². The Morgan fingerprint density at radius 2 is 2.17 bits per heavy atom. The van der Waals surface area contributed by atoms with E-state index in [0.29, 0.717) is 0 Å². The van der Waals surface area contributed by atoms with E-state index in [9.17, 15) is 9.59 Å². The van der Waals surface area contributed by atoms with Gasteiger partial charge in [0.15, 0.2) is 0 Å². The predicted molar refractivity (Wildman–Crippen MR) is 43.3 cm³/mol. The van der Waals surface area contributed by atoms with E-state index in [2.05, 4.69) is 5.92 Å². The molecule has 4 nitrogen and oxygen atoms in total. The van der Waals surface area contributed by atoms with Crippen LogP contribution in [-0.2, 0) is 9.59 Å². The molecule has 0 aromatic heterocycles. The van der Waals surface area contributed by atoms with Crippen LogP contribution in [0.3, 0.4) is 0 Å². The van der Waals surface area contributed by atoms with E-state index in [4.69, 9.17) is 11.5 Å². The van der Waals surface area contributed by atoms with Gasteiger partial charge in [-0.15, -0.1) is 6.42 Å². The fraction of sp³-hybridized carbons (Fsp3) is 0.500. The van der Waals surface area contributed by atoms with Crippen molar-refractivity contribution in [2.75, 3.05) is 13.6 Å². The van der Waals surface area contributed by atoms with E-state index in [-0.39, 0.29) is 6.54 Å². The van der Waals surface area contributed by atoms with Crippen LogP contribution in [0.5, 0.6) is 0 Å². The molecule has 0 heterocycles. The number of hydrogen-bond acceptors (Lipinski definition) is 2. The maximum atomic E-state index is 11.1. The molecule has 1 amide bonds. The average Bonchev–Trinajstić information content (AvgIpc) is 2.02. The maximum Gasteiger partial charge on any atom is 0.315 e. The topological polar surface area (TPSA) is 57.6 Å². The van der Waals surface area contributed by atoms with Crippen LogP contribution in [0.4, 0.5) is 0 Å². The fourth-order valence-electron chi connectivity index (χ4n) is 0.651. The number of carbonyl (C=O) groups is 2. The number of carbonyl (C=O) groups excluding carboxylic acids is 1. The summed E-state index contributed by atoms with van der Waals surface area (Å²) in [6.07, 6.45) is 4.95. The van der Waals surface area contributed by atoms with Crippen molar-refractivity contribution in [3.63, 3.8) is 0 Å². The first-order chi connectivity index (χ1) is 5.50. The third-order valence-electron chi connectivity index (χ3n) is 1.45. The predicted octanol–water partition coefficient (Wildman–Crippen LogP) is -0.201. The van der Waals surface area contributed by atoms with Gasteiger partial charge in [-0.3, -0.25) is 9.59 Å². The third-order valence-corrected chi connectivity index (χ3v) is 1.45. The lowest BCUT2D eigenvalue weighted by Crippen LogP contribution is -2.35. The lowest BCUT2D eigenvalue weighted by molar-refractivity contribution is -0.149. The van der Waals surface area contributed by atoms with Gasteiger partial charge in [0, 0.05) is 7.05 Å². The minimum atomic E-state index is -1.14. The van der Waals surface area contributed by atoms with Gasteiger partial charge in [0.1, 0.15) is 5.92 Å². The molecule has 4 heteroatoms. The van der Waals surface area contributed by atoms with Crippen molar-refractivity contribution in [3.05, 3.63) is 0 Å². The molecule has 0 aliphatic rings. The zero-order chi connectivity index (χ0) is 9.72. The first kappa shape index (κ1) is 10.5. The van der Waals surface area contributed by atoms with Gasteiger partial charge in [0.05, 0.1) is 6.54 Å². The van der Waals surface area contributed by atoms with E-state index in [1.165, 1.54) is 18.9 Å². The van der Waals surface area contributed by atoms with E-state index >= 15 is 0 Å². The Labute approximate surface area is 71.2 Å². The van der Waals surface area contributed by atoms with Crippen molar-refractivity contribution in [3.8, 4) is 12.3 Å². The molecule has 0 aliphatic heterocycles. The summed E-state index contributed by atoms with van der Waals surface area (Å²) in [6.45, 7) is 1.47. The molecule has 0 saturated heterocycles. The summed E-state index contributed by atoms with van der Waals surface area (Å²) in [5.74, 6) is -0.377. The summed E-state index contributed by atoms with van der Waals surface area (Å²) >= 11 is 0. The molecule has 0 aromatic carbocycles. The molecule has 0 bridgehead atoms. The molecule has 0 radical (unpaired) electrons. The first-order valence-corrected chi connectivity index (χ1v) is 3.42. The van der Waals surface area contributed by atoms with Crippen LogP contribution in [0, 0.1) is 18.3 Å².